The van der Waals surface area contributed by atoms with Crippen molar-refractivity contribution in [2.45, 2.75) is 38.6 Å². The van der Waals surface area contributed by atoms with E-state index >= 15 is 0 Å². The van der Waals surface area contributed by atoms with E-state index in [1.807, 2.05) is 12.1 Å². The second-order valence-electron chi connectivity index (χ2n) is 4.90. The van der Waals surface area contributed by atoms with Gasteiger partial charge in [0.05, 0.1) is 14.2 Å². The Hall–Kier alpha value is -2.24. The Morgan fingerprint density at radius 2 is 2.00 bits per heavy atom. The molecule has 122 valence electrons. The van der Waals surface area contributed by atoms with E-state index in [0.29, 0.717) is 25.0 Å². The molecular formula is C16H23NO5. The van der Waals surface area contributed by atoms with Crippen LogP contribution in [0, 0.1) is 0 Å². The van der Waals surface area contributed by atoms with Crippen LogP contribution in [0.4, 0.5) is 0 Å². The van der Waals surface area contributed by atoms with Crippen LogP contribution in [-0.4, -0.2) is 37.2 Å². The highest BCUT2D eigenvalue weighted by Gasteiger charge is 2.17. The third-order valence-corrected chi connectivity index (χ3v) is 3.39. The maximum atomic E-state index is 11.7. The summed E-state index contributed by atoms with van der Waals surface area (Å²) in [6, 6.07) is 4.73. The maximum Gasteiger partial charge on any atom is 0.326 e. The number of carboxylic acid groups (broad SMARTS) is 1. The SMILES string of the molecule is CCC(NC(=O)CCCc1ccc(OC)cc1OC)C(=O)O. The highest BCUT2D eigenvalue weighted by Crippen LogP contribution is 2.25. The van der Waals surface area contributed by atoms with Crippen molar-refractivity contribution in [1.29, 1.82) is 0 Å². The minimum absolute atomic E-state index is 0.248. The number of hydrogen-bond donors (Lipinski definition) is 2. The number of carbonyl (C=O) groups is 2. The van der Waals surface area contributed by atoms with Crippen molar-refractivity contribution in [2.24, 2.45) is 0 Å². The van der Waals surface area contributed by atoms with E-state index < -0.39 is 12.0 Å². The van der Waals surface area contributed by atoms with E-state index in [1.54, 1.807) is 27.2 Å². The first-order valence-electron chi connectivity index (χ1n) is 7.24. The van der Waals surface area contributed by atoms with Gasteiger partial charge in [0.25, 0.3) is 0 Å². The lowest BCUT2D eigenvalue weighted by Gasteiger charge is -2.13. The third kappa shape index (κ3) is 5.27. The first-order valence-corrected chi connectivity index (χ1v) is 7.24. The number of carbonyl (C=O) groups excluding carboxylic acids is 1. The molecule has 0 fully saturated rings. The number of rotatable bonds is 9. The van der Waals surface area contributed by atoms with Gasteiger partial charge in [0.15, 0.2) is 0 Å². The first-order chi connectivity index (χ1) is 10.5. The van der Waals surface area contributed by atoms with Crippen LogP contribution in [0.5, 0.6) is 11.5 Å². The van der Waals surface area contributed by atoms with Gasteiger partial charge in [0, 0.05) is 12.5 Å². The van der Waals surface area contributed by atoms with Gasteiger partial charge in [-0.3, -0.25) is 4.79 Å². The van der Waals surface area contributed by atoms with Gasteiger partial charge in [0.2, 0.25) is 5.91 Å². The molecule has 2 N–H and O–H groups in total. The summed E-state index contributed by atoms with van der Waals surface area (Å²) in [6.45, 7) is 1.72. The molecule has 1 unspecified atom stereocenters. The lowest BCUT2D eigenvalue weighted by atomic mass is 10.1. The van der Waals surface area contributed by atoms with E-state index in [-0.39, 0.29) is 12.3 Å². The zero-order chi connectivity index (χ0) is 16.5. The van der Waals surface area contributed by atoms with E-state index in [9.17, 15) is 9.59 Å². The molecule has 0 spiro atoms. The largest absolute Gasteiger partial charge is 0.497 e. The van der Waals surface area contributed by atoms with Crippen molar-refractivity contribution in [3.63, 3.8) is 0 Å². The quantitative estimate of drug-likeness (QED) is 0.729. The molecule has 22 heavy (non-hydrogen) atoms. The number of aliphatic carboxylic acids is 1. The molecule has 1 aromatic carbocycles. The summed E-state index contributed by atoms with van der Waals surface area (Å²) in [7, 11) is 3.18. The number of carboxylic acids is 1. The van der Waals surface area contributed by atoms with Gasteiger partial charge in [-0.2, -0.15) is 0 Å². The van der Waals surface area contributed by atoms with E-state index in [2.05, 4.69) is 5.32 Å². The molecule has 1 atom stereocenters. The van der Waals surface area contributed by atoms with Crippen LogP contribution in [0.15, 0.2) is 18.2 Å². The van der Waals surface area contributed by atoms with Crippen molar-refractivity contribution in [2.75, 3.05) is 14.2 Å². The second kappa shape index (κ2) is 8.92. The molecular weight excluding hydrogens is 286 g/mol. The van der Waals surface area contributed by atoms with Crippen molar-refractivity contribution < 1.29 is 24.2 Å². The monoisotopic (exact) mass is 309 g/mol. The summed E-state index contributed by atoms with van der Waals surface area (Å²) < 4.78 is 10.4. The molecule has 1 aromatic rings. The highest BCUT2D eigenvalue weighted by molar-refractivity contribution is 5.83. The molecule has 0 heterocycles. The van der Waals surface area contributed by atoms with Crippen LogP contribution < -0.4 is 14.8 Å². The van der Waals surface area contributed by atoms with Gasteiger partial charge in [0.1, 0.15) is 17.5 Å². The molecule has 0 radical (unpaired) electrons. The van der Waals surface area contributed by atoms with Gasteiger partial charge in [-0.1, -0.05) is 13.0 Å². The van der Waals surface area contributed by atoms with Crippen molar-refractivity contribution in [3.05, 3.63) is 23.8 Å². The fourth-order valence-corrected chi connectivity index (χ4v) is 2.10. The minimum atomic E-state index is -1.01. The number of aryl methyl sites for hydroxylation is 1. The van der Waals surface area contributed by atoms with Crippen molar-refractivity contribution in [1.82, 2.24) is 5.32 Å². The number of nitrogens with one attached hydrogen (secondary N) is 1. The van der Waals surface area contributed by atoms with Crippen molar-refractivity contribution >= 4 is 11.9 Å². The fourth-order valence-electron chi connectivity index (χ4n) is 2.10. The molecule has 6 nitrogen and oxygen atoms in total. The Morgan fingerprint density at radius 3 is 2.55 bits per heavy atom. The predicted molar refractivity (Wildman–Crippen MR) is 82.3 cm³/mol. The van der Waals surface area contributed by atoms with Crippen LogP contribution in [0.3, 0.4) is 0 Å². The zero-order valence-corrected chi connectivity index (χ0v) is 13.2. The van der Waals surface area contributed by atoms with Crippen LogP contribution in [0.1, 0.15) is 31.7 Å². The van der Waals surface area contributed by atoms with Gasteiger partial charge >= 0.3 is 5.97 Å². The Labute approximate surface area is 130 Å². The lowest BCUT2D eigenvalue weighted by Crippen LogP contribution is -2.40. The molecule has 6 heteroatoms. The van der Waals surface area contributed by atoms with E-state index in [1.165, 1.54) is 0 Å². The smallest absolute Gasteiger partial charge is 0.326 e. The van der Waals surface area contributed by atoms with Gasteiger partial charge < -0.3 is 19.9 Å². The first kappa shape index (κ1) is 17.8. The molecule has 1 amide bonds. The van der Waals surface area contributed by atoms with Crippen molar-refractivity contribution in [3.8, 4) is 11.5 Å². The molecule has 0 bridgehead atoms. The van der Waals surface area contributed by atoms with E-state index in [4.69, 9.17) is 14.6 Å². The fraction of sp³-hybridized carbons (Fsp3) is 0.500. The van der Waals surface area contributed by atoms with E-state index in [0.717, 1.165) is 11.3 Å². The normalized spacial score (nSPS) is 11.6. The summed E-state index contributed by atoms with van der Waals surface area (Å²) in [5.74, 6) is 0.178. The topological polar surface area (TPSA) is 84.9 Å². The highest BCUT2D eigenvalue weighted by atomic mass is 16.5. The van der Waals surface area contributed by atoms with Crippen LogP contribution in [-0.2, 0) is 16.0 Å². The Bertz CT molecular complexity index is 515. The lowest BCUT2D eigenvalue weighted by molar-refractivity contribution is -0.141. The number of hydrogen-bond acceptors (Lipinski definition) is 4. The molecule has 0 aliphatic heterocycles. The Balaban J connectivity index is 2.50. The summed E-state index contributed by atoms with van der Waals surface area (Å²) in [6.07, 6.45) is 1.93. The average molecular weight is 309 g/mol. The standard InChI is InChI=1S/C16H23NO5/c1-4-13(16(19)20)17-15(18)7-5-6-11-8-9-12(21-2)10-14(11)22-3/h8-10,13H,4-7H2,1-3H3,(H,17,18)(H,19,20). The van der Waals surface area contributed by atoms with Crippen LogP contribution in [0.25, 0.3) is 0 Å². The van der Waals surface area contributed by atoms with Gasteiger partial charge in [-0.15, -0.1) is 0 Å². The summed E-state index contributed by atoms with van der Waals surface area (Å²) in [4.78, 5) is 22.6. The number of ether oxygens (including phenoxy) is 2. The Morgan fingerprint density at radius 1 is 1.27 bits per heavy atom. The molecule has 1 rings (SSSR count). The number of benzene rings is 1. The minimum Gasteiger partial charge on any atom is -0.497 e. The molecule has 0 aliphatic rings. The number of methoxy groups -OCH3 is 2. The Kier molecular flexibility index (Phi) is 7.22. The zero-order valence-electron chi connectivity index (χ0n) is 13.2. The summed E-state index contributed by atoms with van der Waals surface area (Å²) in [5, 5.41) is 11.4. The maximum absolute atomic E-state index is 11.7. The van der Waals surface area contributed by atoms with Crippen LogP contribution >= 0.6 is 0 Å². The van der Waals surface area contributed by atoms with Crippen LogP contribution in [0.2, 0.25) is 0 Å². The predicted octanol–water partition coefficient (Wildman–Crippen LogP) is 2.01. The molecule has 0 aliphatic carbocycles. The number of amides is 1. The molecule has 0 saturated heterocycles. The van der Waals surface area contributed by atoms with Gasteiger partial charge in [-0.25, -0.2) is 4.79 Å². The third-order valence-electron chi connectivity index (χ3n) is 3.39. The molecule has 0 saturated carbocycles. The summed E-state index contributed by atoms with van der Waals surface area (Å²) >= 11 is 0. The summed E-state index contributed by atoms with van der Waals surface area (Å²) in [5.41, 5.74) is 0.987. The second-order valence-corrected chi connectivity index (χ2v) is 4.90. The molecule has 0 aromatic heterocycles. The van der Waals surface area contributed by atoms with Gasteiger partial charge in [-0.05, 0) is 30.9 Å². The average Bonchev–Trinajstić information content (AvgIpc) is 2.52.